The molecule has 1 saturated carbocycles. The van der Waals surface area contributed by atoms with Crippen LogP contribution in [0.15, 0.2) is 51.5 Å². The molecule has 0 spiro atoms. The van der Waals surface area contributed by atoms with Crippen LogP contribution in [0.2, 0.25) is 0 Å². The summed E-state index contributed by atoms with van der Waals surface area (Å²) in [5.74, 6) is 2.03. The van der Waals surface area contributed by atoms with Crippen LogP contribution in [0.4, 0.5) is 14.5 Å². The fourth-order valence-electron chi connectivity index (χ4n) is 5.34. The number of aryl methyl sites for hydroxylation is 2. The Bertz CT molecular complexity index is 1420. The van der Waals surface area contributed by atoms with Gasteiger partial charge in [0.25, 0.3) is 0 Å². The number of aromatic nitrogens is 1. The molecule has 6 heteroatoms. The van der Waals surface area contributed by atoms with Crippen LogP contribution in [-0.4, -0.2) is 29.2 Å². The third kappa shape index (κ3) is 5.10. The highest BCUT2D eigenvalue weighted by Gasteiger charge is 2.33. The van der Waals surface area contributed by atoms with E-state index >= 15 is 4.39 Å². The summed E-state index contributed by atoms with van der Waals surface area (Å²) in [6.45, 7) is 8.98. The maximum absolute atomic E-state index is 15.6. The number of hydrogen-bond donors (Lipinski definition) is 0. The molecule has 1 aliphatic heterocycles. The van der Waals surface area contributed by atoms with E-state index in [1.807, 2.05) is 19.1 Å². The van der Waals surface area contributed by atoms with Crippen molar-refractivity contribution in [2.45, 2.75) is 71.6 Å². The van der Waals surface area contributed by atoms with Gasteiger partial charge in [0.2, 0.25) is 0 Å². The number of benzene rings is 2. The SMILES string of the molecule is CC=C=C(c1c(F)ccc(-c2ccc(C)c(F)c2)c1/N=C\C)N1CCC(c2nc(C3CC3)c(CC)o2)CC1. The minimum atomic E-state index is -0.372. The molecule has 0 atom stereocenters. The number of aliphatic imine (C=N–C) groups is 1. The van der Waals surface area contributed by atoms with E-state index in [0.29, 0.717) is 39.6 Å². The Morgan fingerprint density at radius 1 is 1.08 bits per heavy atom. The summed E-state index contributed by atoms with van der Waals surface area (Å²) in [5, 5.41) is 0. The second-order valence-corrected chi connectivity index (χ2v) is 10.2. The number of nitrogens with zero attached hydrogens (tertiary/aromatic N) is 3. The Morgan fingerprint density at radius 2 is 1.84 bits per heavy atom. The zero-order chi connectivity index (χ0) is 26.8. The predicted molar refractivity (Wildman–Crippen MR) is 149 cm³/mol. The monoisotopic (exact) mass is 515 g/mol. The van der Waals surface area contributed by atoms with Gasteiger partial charge in [-0.25, -0.2) is 13.8 Å². The average Bonchev–Trinajstić information content (AvgIpc) is 3.68. The Labute approximate surface area is 223 Å². The lowest BCUT2D eigenvalue weighted by molar-refractivity contribution is 0.269. The summed E-state index contributed by atoms with van der Waals surface area (Å²) in [4.78, 5) is 11.7. The van der Waals surface area contributed by atoms with E-state index in [1.165, 1.54) is 25.0 Å². The molecule has 198 valence electrons. The van der Waals surface area contributed by atoms with E-state index in [4.69, 9.17) is 9.40 Å². The normalized spacial score (nSPS) is 16.2. The molecule has 0 amide bonds. The molecule has 0 unspecified atom stereocenters. The van der Waals surface area contributed by atoms with Crippen molar-refractivity contribution >= 4 is 17.6 Å². The van der Waals surface area contributed by atoms with Crippen LogP contribution in [0.5, 0.6) is 0 Å². The van der Waals surface area contributed by atoms with Gasteiger partial charge in [0.1, 0.15) is 17.4 Å². The topological polar surface area (TPSA) is 41.6 Å². The largest absolute Gasteiger partial charge is 0.445 e. The van der Waals surface area contributed by atoms with E-state index < -0.39 is 0 Å². The van der Waals surface area contributed by atoms with Crippen molar-refractivity contribution in [3.05, 3.63) is 82.2 Å². The van der Waals surface area contributed by atoms with Crippen molar-refractivity contribution in [2.75, 3.05) is 13.1 Å². The molecule has 1 aromatic heterocycles. The van der Waals surface area contributed by atoms with E-state index in [-0.39, 0.29) is 17.6 Å². The van der Waals surface area contributed by atoms with Crippen LogP contribution in [0.25, 0.3) is 16.8 Å². The van der Waals surface area contributed by atoms with E-state index in [1.54, 1.807) is 32.2 Å². The Hall–Kier alpha value is -3.50. The van der Waals surface area contributed by atoms with Crippen molar-refractivity contribution in [1.82, 2.24) is 9.88 Å². The number of rotatable bonds is 7. The van der Waals surface area contributed by atoms with Crippen LogP contribution in [-0.2, 0) is 6.42 Å². The van der Waals surface area contributed by atoms with Gasteiger partial charge in [0.15, 0.2) is 5.89 Å². The number of piperidine rings is 1. The van der Waals surface area contributed by atoms with Gasteiger partial charge in [-0.05, 0) is 81.9 Å². The molecule has 1 saturated heterocycles. The van der Waals surface area contributed by atoms with Gasteiger partial charge >= 0.3 is 0 Å². The lowest BCUT2D eigenvalue weighted by atomic mass is 9.93. The summed E-state index contributed by atoms with van der Waals surface area (Å²) in [6, 6.07) is 8.20. The summed E-state index contributed by atoms with van der Waals surface area (Å²) in [7, 11) is 0. The van der Waals surface area contributed by atoms with Gasteiger partial charge < -0.3 is 9.32 Å². The first-order chi connectivity index (χ1) is 18.4. The molecule has 0 N–H and O–H groups in total. The van der Waals surface area contributed by atoms with Gasteiger partial charge in [0, 0.05) is 43.1 Å². The maximum atomic E-state index is 15.6. The third-order valence-electron chi connectivity index (χ3n) is 7.58. The molecule has 2 aliphatic rings. The maximum Gasteiger partial charge on any atom is 0.197 e. The van der Waals surface area contributed by atoms with Crippen molar-refractivity contribution in [1.29, 1.82) is 0 Å². The van der Waals surface area contributed by atoms with Crippen molar-refractivity contribution in [2.24, 2.45) is 4.99 Å². The first-order valence-corrected chi connectivity index (χ1v) is 13.7. The zero-order valence-corrected chi connectivity index (χ0v) is 22.7. The standard InChI is InChI=1S/C32H35F2N3O/c1-5-8-27(37-17-15-22(16-18-37)32-36-30(21-11-12-21)28(6-2)38-32)29-25(33)14-13-24(31(29)35-7-3)23-10-9-20(4)26(34)19-23/h5,7,9-10,13-14,19,21-22H,6,11-12,15-18H2,1-4H3/b35-7-. The van der Waals surface area contributed by atoms with Gasteiger partial charge in [-0.15, -0.1) is 0 Å². The molecule has 2 fully saturated rings. The quantitative estimate of drug-likeness (QED) is 0.234. The molecule has 5 rings (SSSR count). The second-order valence-electron chi connectivity index (χ2n) is 10.2. The second kappa shape index (κ2) is 11.1. The molecular formula is C32H35F2N3O. The van der Waals surface area contributed by atoms with Crippen LogP contribution in [0, 0.1) is 18.6 Å². The first kappa shape index (κ1) is 26.1. The van der Waals surface area contributed by atoms with Crippen LogP contribution in [0.3, 0.4) is 0 Å². The van der Waals surface area contributed by atoms with Crippen LogP contribution in [0.1, 0.15) is 86.8 Å². The Kier molecular flexibility index (Phi) is 7.62. The van der Waals surface area contributed by atoms with Crippen molar-refractivity contribution in [3.63, 3.8) is 0 Å². The molecule has 2 heterocycles. The Balaban J connectivity index is 1.47. The minimum absolute atomic E-state index is 0.246. The molecule has 2 aromatic carbocycles. The predicted octanol–water partition coefficient (Wildman–Crippen LogP) is 8.49. The lowest BCUT2D eigenvalue weighted by Crippen LogP contribution is -2.32. The van der Waals surface area contributed by atoms with Crippen LogP contribution >= 0.6 is 0 Å². The number of oxazole rings is 1. The highest BCUT2D eigenvalue weighted by Crippen LogP contribution is 2.44. The lowest BCUT2D eigenvalue weighted by Gasteiger charge is -2.34. The molecule has 3 aromatic rings. The van der Waals surface area contributed by atoms with E-state index in [0.717, 1.165) is 49.7 Å². The van der Waals surface area contributed by atoms with Crippen molar-refractivity contribution in [3.8, 4) is 11.1 Å². The number of halogens is 2. The fourth-order valence-corrected chi connectivity index (χ4v) is 5.34. The van der Waals surface area contributed by atoms with E-state index in [2.05, 4.69) is 22.5 Å². The molecule has 4 nitrogen and oxygen atoms in total. The summed E-state index contributed by atoms with van der Waals surface area (Å²) in [5.41, 5.74) is 7.91. The highest BCUT2D eigenvalue weighted by molar-refractivity contribution is 5.88. The van der Waals surface area contributed by atoms with Crippen LogP contribution < -0.4 is 0 Å². The smallest absolute Gasteiger partial charge is 0.197 e. The zero-order valence-electron chi connectivity index (χ0n) is 22.7. The van der Waals surface area contributed by atoms with Gasteiger partial charge in [-0.1, -0.05) is 24.8 Å². The summed E-state index contributed by atoms with van der Waals surface area (Å²) in [6.07, 6.45) is 8.46. The van der Waals surface area contributed by atoms with Crippen molar-refractivity contribution < 1.29 is 13.2 Å². The van der Waals surface area contributed by atoms with Gasteiger partial charge in [0.05, 0.1) is 22.6 Å². The summed E-state index contributed by atoms with van der Waals surface area (Å²) < 4.78 is 36.2. The molecule has 38 heavy (non-hydrogen) atoms. The fraction of sp³-hybridized carbons (Fsp3) is 0.406. The van der Waals surface area contributed by atoms with Gasteiger partial charge in [-0.3, -0.25) is 4.99 Å². The molecule has 1 aliphatic carbocycles. The third-order valence-corrected chi connectivity index (χ3v) is 7.58. The number of hydrogen-bond acceptors (Lipinski definition) is 4. The van der Waals surface area contributed by atoms with E-state index in [9.17, 15) is 4.39 Å². The number of allylic oxidation sites excluding steroid dienone is 1. The molecule has 0 radical (unpaired) electrons. The Morgan fingerprint density at radius 3 is 2.47 bits per heavy atom. The number of likely N-dealkylation sites (tertiary alicyclic amines) is 1. The van der Waals surface area contributed by atoms with Gasteiger partial charge in [-0.2, -0.15) is 0 Å². The summed E-state index contributed by atoms with van der Waals surface area (Å²) >= 11 is 0. The molecule has 0 bridgehead atoms. The average molecular weight is 516 g/mol. The molecular weight excluding hydrogens is 480 g/mol. The highest BCUT2D eigenvalue weighted by atomic mass is 19.1. The first-order valence-electron chi connectivity index (χ1n) is 13.7. The minimum Gasteiger partial charge on any atom is -0.445 e.